The Morgan fingerprint density at radius 3 is 2.43 bits per heavy atom. The van der Waals surface area contributed by atoms with Crippen LogP contribution in [0.3, 0.4) is 0 Å². The summed E-state index contributed by atoms with van der Waals surface area (Å²) in [6, 6.07) is 4.22. The first-order valence-corrected chi connectivity index (χ1v) is 11.3. The number of rotatable bonds is 3. The highest BCUT2D eigenvalue weighted by Crippen LogP contribution is 2.51. The van der Waals surface area contributed by atoms with Gasteiger partial charge in [-0.2, -0.15) is 13.2 Å². The van der Waals surface area contributed by atoms with Crippen molar-refractivity contribution in [3.05, 3.63) is 29.3 Å². The lowest BCUT2D eigenvalue weighted by atomic mass is 9.65. The van der Waals surface area contributed by atoms with E-state index in [4.69, 9.17) is 4.74 Å². The minimum Gasteiger partial charge on any atom is -0.492 e. The summed E-state index contributed by atoms with van der Waals surface area (Å²) < 4.78 is 44.7. The van der Waals surface area contributed by atoms with Crippen molar-refractivity contribution in [2.75, 3.05) is 6.61 Å². The van der Waals surface area contributed by atoms with E-state index in [1.54, 1.807) is 6.07 Å². The Bertz CT molecular complexity index is 775. The number of carbonyl (C=O) groups excluding carboxylic acids is 1. The molecular formula is C24H32F3NO2. The monoisotopic (exact) mass is 423 g/mol. The standard InChI is InChI=1S/C24H32F3NO2/c1-15-3-6-19(7-4-15)28-22(29)16(2)17-9-11-23(12-10-17)14-30-21-13-18(24(25,26)27)5-8-20(21)23/h5,8,13,15-17,19H,3-4,6-7,9-12,14H2,1-2H3,(H,28,29)/t15-,16-,17-,19-,23-/m0/s1. The van der Waals surface area contributed by atoms with E-state index in [1.165, 1.54) is 18.9 Å². The minimum absolute atomic E-state index is 0.0314. The highest BCUT2D eigenvalue weighted by molar-refractivity contribution is 5.79. The summed E-state index contributed by atoms with van der Waals surface area (Å²) in [4.78, 5) is 12.8. The summed E-state index contributed by atoms with van der Waals surface area (Å²) in [5.74, 6) is 1.58. The zero-order valence-corrected chi connectivity index (χ0v) is 17.9. The van der Waals surface area contributed by atoms with Gasteiger partial charge in [0.15, 0.2) is 0 Å². The van der Waals surface area contributed by atoms with Crippen LogP contribution >= 0.6 is 0 Å². The van der Waals surface area contributed by atoms with Crippen LogP contribution in [0.2, 0.25) is 0 Å². The van der Waals surface area contributed by atoms with Gasteiger partial charge in [0.1, 0.15) is 5.75 Å². The van der Waals surface area contributed by atoms with E-state index < -0.39 is 11.7 Å². The number of nitrogens with one attached hydrogen (secondary N) is 1. The molecule has 166 valence electrons. The van der Waals surface area contributed by atoms with Gasteiger partial charge in [-0.05, 0) is 75.3 Å². The summed E-state index contributed by atoms with van der Waals surface area (Å²) in [5.41, 5.74) is 0.0443. The molecular weight excluding hydrogens is 391 g/mol. The molecule has 2 saturated carbocycles. The van der Waals surface area contributed by atoms with Gasteiger partial charge < -0.3 is 10.1 Å². The van der Waals surface area contributed by atoms with Gasteiger partial charge in [0.25, 0.3) is 0 Å². The number of halogens is 3. The second-order valence-electron chi connectivity index (χ2n) is 9.87. The highest BCUT2D eigenvalue weighted by atomic mass is 19.4. The van der Waals surface area contributed by atoms with Crippen molar-refractivity contribution >= 4 is 5.91 Å². The molecule has 1 amide bonds. The fraction of sp³-hybridized carbons (Fsp3) is 0.708. The number of amides is 1. The van der Waals surface area contributed by atoms with Gasteiger partial charge >= 0.3 is 6.18 Å². The molecule has 1 spiro atoms. The van der Waals surface area contributed by atoms with Gasteiger partial charge in [-0.3, -0.25) is 4.79 Å². The van der Waals surface area contributed by atoms with Gasteiger partial charge in [0.05, 0.1) is 12.2 Å². The van der Waals surface area contributed by atoms with Crippen molar-refractivity contribution in [2.45, 2.75) is 82.8 Å². The van der Waals surface area contributed by atoms with Crippen LogP contribution in [0.1, 0.15) is 76.3 Å². The maximum atomic E-state index is 13.0. The second-order valence-corrected chi connectivity index (χ2v) is 9.87. The lowest BCUT2D eigenvalue weighted by Gasteiger charge is -2.38. The molecule has 0 radical (unpaired) electrons. The third kappa shape index (κ3) is 4.19. The smallest absolute Gasteiger partial charge is 0.416 e. The molecule has 0 aromatic heterocycles. The second kappa shape index (κ2) is 8.08. The van der Waals surface area contributed by atoms with Crippen LogP contribution in [0.4, 0.5) is 13.2 Å². The number of hydrogen-bond acceptors (Lipinski definition) is 2. The van der Waals surface area contributed by atoms with Crippen LogP contribution in [0.5, 0.6) is 5.75 Å². The van der Waals surface area contributed by atoms with Crippen molar-refractivity contribution in [1.29, 1.82) is 0 Å². The van der Waals surface area contributed by atoms with E-state index in [0.717, 1.165) is 56.1 Å². The predicted octanol–water partition coefficient (Wildman–Crippen LogP) is 5.86. The SMILES string of the molecule is C[C@H](C(=O)N[C@H]1CC[C@H](C)CC1)[C@H]1CC[C@]2(CC1)COc1cc(C(F)(F)F)ccc12. The average Bonchev–Trinajstić information content (AvgIpc) is 3.07. The molecule has 4 rings (SSSR count). The Labute approximate surface area is 176 Å². The highest BCUT2D eigenvalue weighted by Gasteiger charge is 2.45. The number of hydrogen-bond donors (Lipinski definition) is 1. The molecule has 1 aromatic carbocycles. The van der Waals surface area contributed by atoms with Gasteiger partial charge in [-0.1, -0.05) is 19.9 Å². The molecule has 6 heteroatoms. The van der Waals surface area contributed by atoms with Gasteiger partial charge in [0.2, 0.25) is 5.91 Å². The topological polar surface area (TPSA) is 38.3 Å². The average molecular weight is 424 g/mol. The molecule has 0 bridgehead atoms. The van der Waals surface area contributed by atoms with Crippen molar-refractivity contribution in [3.63, 3.8) is 0 Å². The molecule has 3 nitrogen and oxygen atoms in total. The maximum absolute atomic E-state index is 13.0. The lowest BCUT2D eigenvalue weighted by molar-refractivity contribution is -0.137. The molecule has 1 atom stereocenters. The molecule has 1 aromatic rings. The van der Waals surface area contributed by atoms with Crippen LogP contribution in [0, 0.1) is 17.8 Å². The summed E-state index contributed by atoms with van der Waals surface area (Å²) in [6.45, 7) is 4.74. The number of fused-ring (bicyclic) bond motifs is 2. The van der Waals surface area contributed by atoms with E-state index >= 15 is 0 Å². The summed E-state index contributed by atoms with van der Waals surface area (Å²) >= 11 is 0. The summed E-state index contributed by atoms with van der Waals surface area (Å²) in [6.07, 6.45) is 3.67. The number of benzene rings is 1. The van der Waals surface area contributed by atoms with E-state index in [9.17, 15) is 18.0 Å². The molecule has 0 saturated heterocycles. The normalized spacial score (nSPS) is 32.4. The van der Waals surface area contributed by atoms with Gasteiger partial charge in [0, 0.05) is 22.9 Å². The largest absolute Gasteiger partial charge is 0.492 e. The summed E-state index contributed by atoms with van der Waals surface area (Å²) in [5, 5.41) is 3.26. The number of alkyl halides is 3. The van der Waals surface area contributed by atoms with Gasteiger partial charge in [-0.25, -0.2) is 0 Å². The van der Waals surface area contributed by atoms with E-state index in [1.807, 2.05) is 6.92 Å². The van der Waals surface area contributed by atoms with Crippen LogP contribution in [0.15, 0.2) is 18.2 Å². The Hall–Kier alpha value is -1.72. The Morgan fingerprint density at radius 1 is 1.13 bits per heavy atom. The molecule has 2 fully saturated rings. The Morgan fingerprint density at radius 2 is 1.80 bits per heavy atom. The van der Waals surface area contributed by atoms with Crippen molar-refractivity contribution < 1.29 is 22.7 Å². The van der Waals surface area contributed by atoms with Crippen LogP contribution in [0.25, 0.3) is 0 Å². The zero-order valence-electron chi connectivity index (χ0n) is 17.9. The Balaban J connectivity index is 1.36. The first-order chi connectivity index (χ1) is 14.2. The molecule has 0 unspecified atom stereocenters. The van der Waals surface area contributed by atoms with Crippen molar-refractivity contribution in [1.82, 2.24) is 5.32 Å². The molecule has 1 N–H and O–H groups in total. The maximum Gasteiger partial charge on any atom is 0.416 e. The van der Waals surface area contributed by atoms with Crippen LogP contribution in [-0.2, 0) is 16.4 Å². The molecule has 2 aliphatic carbocycles. The van der Waals surface area contributed by atoms with Crippen molar-refractivity contribution in [3.8, 4) is 5.75 Å². The van der Waals surface area contributed by atoms with E-state index in [-0.39, 0.29) is 17.2 Å². The quantitative estimate of drug-likeness (QED) is 0.662. The molecule has 3 aliphatic rings. The first-order valence-electron chi connectivity index (χ1n) is 11.3. The van der Waals surface area contributed by atoms with Crippen molar-refractivity contribution in [2.24, 2.45) is 17.8 Å². The van der Waals surface area contributed by atoms with Crippen LogP contribution < -0.4 is 10.1 Å². The fourth-order valence-corrected chi connectivity index (χ4v) is 5.61. The third-order valence-electron chi connectivity index (χ3n) is 7.85. The summed E-state index contributed by atoms with van der Waals surface area (Å²) in [7, 11) is 0. The molecule has 1 heterocycles. The predicted molar refractivity (Wildman–Crippen MR) is 109 cm³/mol. The zero-order chi connectivity index (χ0) is 21.5. The van der Waals surface area contributed by atoms with Gasteiger partial charge in [-0.15, -0.1) is 0 Å². The Kier molecular flexibility index (Phi) is 5.80. The van der Waals surface area contributed by atoms with Crippen LogP contribution in [-0.4, -0.2) is 18.6 Å². The third-order valence-corrected chi connectivity index (χ3v) is 7.85. The fourth-order valence-electron chi connectivity index (χ4n) is 5.61. The first kappa shape index (κ1) is 21.5. The van der Waals surface area contributed by atoms with E-state index in [2.05, 4.69) is 12.2 Å². The minimum atomic E-state index is -4.36. The van der Waals surface area contributed by atoms with E-state index in [0.29, 0.717) is 24.3 Å². The number of carbonyl (C=O) groups is 1. The number of ether oxygens (including phenoxy) is 1. The molecule has 1 aliphatic heterocycles. The molecule has 30 heavy (non-hydrogen) atoms. The lowest BCUT2D eigenvalue weighted by Crippen LogP contribution is -2.43.